The minimum absolute atomic E-state index is 0.197. The molecule has 1 unspecified atom stereocenters. The van der Waals surface area contributed by atoms with Gasteiger partial charge >= 0.3 is 0 Å². The summed E-state index contributed by atoms with van der Waals surface area (Å²) in [7, 11) is 0. The molecule has 5 rings (SSSR count). The molecule has 0 radical (unpaired) electrons. The first-order valence-electron chi connectivity index (χ1n) is 15.1. The average Bonchev–Trinajstić information content (AvgIpc) is 3.09. The fourth-order valence-corrected chi connectivity index (χ4v) is 7.33. The molecule has 1 fully saturated rings. The summed E-state index contributed by atoms with van der Waals surface area (Å²) in [5.74, 6) is -1.71. The zero-order chi connectivity index (χ0) is 31.3. The predicted octanol–water partition coefficient (Wildman–Crippen LogP) is 7.10. The largest absolute Gasteiger partial charge is 0.374 e. The predicted molar refractivity (Wildman–Crippen MR) is 182 cm³/mol. The highest BCUT2D eigenvalue weighted by Gasteiger charge is 2.59. The zero-order valence-electron chi connectivity index (χ0n) is 25.8. The molecule has 0 spiro atoms. The third-order valence-electron chi connectivity index (χ3n) is 7.74. The van der Waals surface area contributed by atoms with Crippen LogP contribution in [-0.2, 0) is 50.1 Å². The molecule has 0 aliphatic carbocycles. The van der Waals surface area contributed by atoms with Crippen molar-refractivity contribution in [3.05, 3.63) is 144 Å². The van der Waals surface area contributed by atoms with Crippen LogP contribution >= 0.6 is 23.5 Å². The Bertz CT molecular complexity index is 1380. The van der Waals surface area contributed by atoms with Gasteiger partial charge in [0.2, 0.25) is 5.79 Å². The Morgan fingerprint density at radius 3 is 1.44 bits per heavy atom. The van der Waals surface area contributed by atoms with Crippen molar-refractivity contribution in [2.75, 3.05) is 19.1 Å². The van der Waals surface area contributed by atoms with Gasteiger partial charge in [0.05, 0.1) is 33.0 Å². The molecule has 0 aromatic heterocycles. The van der Waals surface area contributed by atoms with Gasteiger partial charge in [0.1, 0.15) is 29.0 Å². The van der Waals surface area contributed by atoms with Crippen LogP contribution in [0.3, 0.4) is 0 Å². The molecule has 1 aliphatic rings. The van der Waals surface area contributed by atoms with Crippen LogP contribution in [-0.4, -0.2) is 59.0 Å². The smallest absolute Gasteiger partial charge is 0.217 e. The lowest BCUT2D eigenvalue weighted by Crippen LogP contribution is -2.69. The number of rotatable bonds is 16. The average molecular weight is 647 g/mol. The SMILES string of the molecule is CSC(SC)C1(O)O[C@H](COCc2ccccc2)[C@@H](OCc2ccccc2)[C@H](OCc2ccccc2)[C@H]1OCc1ccccc1. The number of aliphatic hydroxyl groups is 1. The molecule has 1 heterocycles. The zero-order valence-corrected chi connectivity index (χ0v) is 27.4. The molecule has 5 atom stereocenters. The van der Waals surface area contributed by atoms with Crippen molar-refractivity contribution < 1.29 is 28.8 Å². The van der Waals surface area contributed by atoms with Gasteiger partial charge in [-0.1, -0.05) is 121 Å². The maximum atomic E-state index is 12.5. The van der Waals surface area contributed by atoms with E-state index in [2.05, 4.69) is 0 Å². The van der Waals surface area contributed by atoms with Gasteiger partial charge in [-0.25, -0.2) is 0 Å². The molecule has 1 saturated heterocycles. The molecule has 0 saturated carbocycles. The highest BCUT2D eigenvalue weighted by molar-refractivity contribution is 8.16. The van der Waals surface area contributed by atoms with Gasteiger partial charge in [0.15, 0.2) is 0 Å². The highest BCUT2D eigenvalue weighted by atomic mass is 32.2. The highest BCUT2D eigenvalue weighted by Crippen LogP contribution is 2.43. The van der Waals surface area contributed by atoms with Crippen LogP contribution in [0.15, 0.2) is 121 Å². The van der Waals surface area contributed by atoms with Gasteiger partial charge in [-0.05, 0) is 34.8 Å². The van der Waals surface area contributed by atoms with Crippen molar-refractivity contribution >= 4 is 23.5 Å². The number of thioether (sulfide) groups is 2. The van der Waals surface area contributed by atoms with Gasteiger partial charge < -0.3 is 28.8 Å². The maximum Gasteiger partial charge on any atom is 0.217 e. The fraction of sp³-hybridized carbons (Fsp3) is 0.351. The summed E-state index contributed by atoms with van der Waals surface area (Å²) in [6.07, 6.45) is 1.16. The Labute approximate surface area is 275 Å². The van der Waals surface area contributed by atoms with Crippen molar-refractivity contribution in [2.45, 2.75) is 61.2 Å². The summed E-state index contributed by atoms with van der Waals surface area (Å²) < 4.78 is 32.6. The first-order valence-corrected chi connectivity index (χ1v) is 17.7. The van der Waals surface area contributed by atoms with E-state index in [0.29, 0.717) is 19.8 Å². The Hall–Kier alpha value is -2.66. The van der Waals surface area contributed by atoms with Crippen molar-refractivity contribution in [1.82, 2.24) is 0 Å². The van der Waals surface area contributed by atoms with E-state index in [9.17, 15) is 5.11 Å². The summed E-state index contributed by atoms with van der Waals surface area (Å²) >= 11 is 3.04. The lowest BCUT2D eigenvalue weighted by atomic mass is 9.92. The fourth-order valence-electron chi connectivity index (χ4n) is 5.51. The van der Waals surface area contributed by atoms with E-state index in [1.165, 1.54) is 23.5 Å². The summed E-state index contributed by atoms with van der Waals surface area (Å²) in [4.78, 5) is 0. The molecule has 0 bridgehead atoms. The van der Waals surface area contributed by atoms with Crippen LogP contribution in [0.4, 0.5) is 0 Å². The van der Waals surface area contributed by atoms with Crippen molar-refractivity contribution in [1.29, 1.82) is 0 Å². The first-order chi connectivity index (χ1) is 22.1. The van der Waals surface area contributed by atoms with Crippen LogP contribution in [0.1, 0.15) is 22.3 Å². The molecule has 8 heteroatoms. The lowest BCUT2D eigenvalue weighted by molar-refractivity contribution is -0.364. The number of benzene rings is 4. The Morgan fingerprint density at radius 1 is 0.600 bits per heavy atom. The Morgan fingerprint density at radius 2 is 1.00 bits per heavy atom. The molecule has 4 aromatic carbocycles. The number of hydrogen-bond acceptors (Lipinski definition) is 8. The van der Waals surface area contributed by atoms with Crippen molar-refractivity contribution in [2.24, 2.45) is 0 Å². The second kappa shape index (κ2) is 17.3. The summed E-state index contributed by atoms with van der Waals surface area (Å²) in [6.45, 7) is 1.54. The van der Waals surface area contributed by atoms with Crippen LogP contribution in [0.5, 0.6) is 0 Å². The molecule has 4 aromatic rings. The quantitative estimate of drug-likeness (QED) is 0.129. The summed E-state index contributed by atoms with van der Waals surface area (Å²) in [5, 5.41) is 12.5. The molecule has 0 amide bonds. The van der Waals surface area contributed by atoms with Gasteiger partial charge in [-0.2, -0.15) is 0 Å². The van der Waals surface area contributed by atoms with Gasteiger partial charge in [0.25, 0.3) is 0 Å². The van der Waals surface area contributed by atoms with E-state index in [1.807, 2.05) is 134 Å². The third-order valence-corrected chi connectivity index (χ3v) is 10.4. The topological polar surface area (TPSA) is 66.4 Å². The van der Waals surface area contributed by atoms with E-state index >= 15 is 0 Å². The summed E-state index contributed by atoms with van der Waals surface area (Å²) in [5.41, 5.74) is 4.08. The minimum Gasteiger partial charge on any atom is -0.374 e. The second-order valence-electron chi connectivity index (χ2n) is 11.0. The normalized spacial score (nSPS) is 23.3. The van der Waals surface area contributed by atoms with Crippen LogP contribution in [0.25, 0.3) is 0 Å². The third kappa shape index (κ3) is 9.21. The molecule has 45 heavy (non-hydrogen) atoms. The van der Waals surface area contributed by atoms with Crippen LogP contribution in [0.2, 0.25) is 0 Å². The minimum atomic E-state index is -1.71. The first kappa shape index (κ1) is 33.7. The van der Waals surface area contributed by atoms with Gasteiger partial charge in [-0.3, -0.25) is 0 Å². The summed E-state index contributed by atoms with van der Waals surface area (Å²) in [6, 6.07) is 40.0. The van der Waals surface area contributed by atoms with Crippen LogP contribution in [0, 0.1) is 0 Å². The molecular formula is C37H42O6S2. The standard InChI is InChI=1S/C37H42O6S2/c1-44-36(45-2)37(38)35(42-26-31-21-13-6-14-22-31)34(41-25-30-19-11-5-12-20-30)33(40-24-29-17-9-4-10-18-29)32(43-37)27-39-23-28-15-7-3-8-16-28/h3-22,32-36,38H,23-27H2,1-2H3/t32-,33-,34+,35-,37?/m1/s1. The molecule has 6 nitrogen and oxygen atoms in total. The van der Waals surface area contributed by atoms with Crippen LogP contribution < -0.4 is 0 Å². The van der Waals surface area contributed by atoms with E-state index in [1.54, 1.807) is 0 Å². The van der Waals surface area contributed by atoms with Crippen molar-refractivity contribution in [3.8, 4) is 0 Å². The lowest BCUT2D eigenvalue weighted by Gasteiger charge is -2.52. The van der Waals surface area contributed by atoms with E-state index in [4.69, 9.17) is 23.7 Å². The van der Waals surface area contributed by atoms with E-state index in [0.717, 1.165) is 22.3 Å². The number of ether oxygens (including phenoxy) is 5. The van der Waals surface area contributed by atoms with Gasteiger partial charge in [-0.15, -0.1) is 23.5 Å². The monoisotopic (exact) mass is 646 g/mol. The van der Waals surface area contributed by atoms with Crippen molar-refractivity contribution in [3.63, 3.8) is 0 Å². The Balaban J connectivity index is 1.49. The van der Waals surface area contributed by atoms with E-state index in [-0.39, 0.29) is 17.8 Å². The molecule has 1 N–H and O–H groups in total. The maximum absolute atomic E-state index is 12.5. The Kier molecular flexibility index (Phi) is 13.0. The number of hydrogen-bond donors (Lipinski definition) is 1. The van der Waals surface area contributed by atoms with E-state index < -0.39 is 30.2 Å². The molecule has 238 valence electrons. The molecule has 1 aliphatic heterocycles. The second-order valence-corrected chi connectivity index (χ2v) is 13.1. The molecular weight excluding hydrogens is 605 g/mol. The van der Waals surface area contributed by atoms with Gasteiger partial charge in [0, 0.05) is 0 Å².